The first kappa shape index (κ1) is 17.5. The maximum absolute atomic E-state index is 12.2. The number of carbonyl (C=O) groups excluding carboxylic acids is 1. The third-order valence-corrected chi connectivity index (χ3v) is 4.19. The first-order chi connectivity index (χ1) is 13.6. The predicted molar refractivity (Wildman–Crippen MR) is 105 cm³/mol. The van der Waals surface area contributed by atoms with Crippen molar-refractivity contribution in [2.45, 2.75) is 0 Å². The summed E-state index contributed by atoms with van der Waals surface area (Å²) in [7, 11) is 1.91. The third kappa shape index (κ3) is 3.78. The van der Waals surface area contributed by atoms with Crippen LogP contribution in [0.25, 0.3) is 22.4 Å². The Morgan fingerprint density at radius 3 is 2.86 bits per heavy atom. The lowest BCUT2D eigenvalue weighted by Crippen LogP contribution is -2.20. The van der Waals surface area contributed by atoms with Gasteiger partial charge in [0.05, 0.1) is 0 Å². The molecule has 2 aromatic heterocycles. The Bertz CT molecular complexity index is 1210. The molecule has 4 rings (SSSR count). The Labute approximate surface area is 160 Å². The fraction of sp³-hybridized carbons (Fsp3) is 0.0952. The molecule has 7 heteroatoms. The van der Waals surface area contributed by atoms with Crippen molar-refractivity contribution >= 4 is 22.6 Å². The minimum Gasteiger partial charge on any atom is -0.484 e. The maximum Gasteiger partial charge on any atom is 0.336 e. The van der Waals surface area contributed by atoms with Crippen LogP contribution >= 0.6 is 0 Å². The molecule has 140 valence electrons. The second-order valence-electron chi connectivity index (χ2n) is 6.23. The summed E-state index contributed by atoms with van der Waals surface area (Å²) in [5.74, 6) is 0.954. The van der Waals surface area contributed by atoms with Crippen LogP contribution in [0.4, 0.5) is 5.69 Å². The lowest BCUT2D eigenvalue weighted by molar-refractivity contribution is -0.118. The van der Waals surface area contributed by atoms with Crippen LogP contribution in [0.3, 0.4) is 0 Å². The number of rotatable bonds is 5. The van der Waals surface area contributed by atoms with Crippen LogP contribution in [0.2, 0.25) is 0 Å². The number of hydrogen-bond acceptors (Lipinski definition) is 5. The average Bonchev–Trinajstić information content (AvgIpc) is 3.12. The van der Waals surface area contributed by atoms with E-state index in [1.807, 2.05) is 36.0 Å². The molecule has 2 aromatic carbocycles. The smallest absolute Gasteiger partial charge is 0.336 e. The van der Waals surface area contributed by atoms with Crippen LogP contribution < -0.4 is 15.7 Å². The number of aryl methyl sites for hydroxylation is 1. The van der Waals surface area contributed by atoms with Gasteiger partial charge in [0.2, 0.25) is 0 Å². The van der Waals surface area contributed by atoms with Crippen molar-refractivity contribution in [2.75, 3.05) is 11.9 Å². The molecule has 4 aromatic rings. The number of nitrogens with one attached hydrogen (secondary N) is 1. The summed E-state index contributed by atoms with van der Waals surface area (Å²) in [6.07, 6.45) is 3.58. The van der Waals surface area contributed by atoms with Crippen molar-refractivity contribution in [1.29, 1.82) is 0 Å². The molecular weight excluding hydrogens is 358 g/mol. The van der Waals surface area contributed by atoms with Crippen molar-refractivity contribution in [2.24, 2.45) is 7.05 Å². The van der Waals surface area contributed by atoms with Gasteiger partial charge < -0.3 is 19.0 Å². The zero-order valence-electron chi connectivity index (χ0n) is 15.1. The maximum atomic E-state index is 12.2. The summed E-state index contributed by atoms with van der Waals surface area (Å²) in [4.78, 5) is 27.9. The molecule has 1 N–H and O–H groups in total. The number of amides is 1. The minimum atomic E-state index is -0.435. The number of benzene rings is 2. The molecule has 0 bridgehead atoms. The number of imidazole rings is 1. The van der Waals surface area contributed by atoms with Crippen molar-refractivity contribution in [3.63, 3.8) is 0 Å². The quantitative estimate of drug-likeness (QED) is 0.541. The van der Waals surface area contributed by atoms with Crippen LogP contribution in [-0.4, -0.2) is 22.1 Å². The number of ether oxygens (including phenoxy) is 1. The van der Waals surface area contributed by atoms with Gasteiger partial charge in [-0.3, -0.25) is 4.79 Å². The van der Waals surface area contributed by atoms with Gasteiger partial charge in [-0.1, -0.05) is 12.1 Å². The highest BCUT2D eigenvalue weighted by Crippen LogP contribution is 2.21. The number of fused-ring (bicyclic) bond motifs is 1. The second kappa shape index (κ2) is 7.40. The summed E-state index contributed by atoms with van der Waals surface area (Å²) in [6.45, 7) is -0.171. The second-order valence-corrected chi connectivity index (χ2v) is 6.23. The minimum absolute atomic E-state index is 0.171. The van der Waals surface area contributed by atoms with E-state index in [1.54, 1.807) is 36.5 Å². The number of anilines is 1. The summed E-state index contributed by atoms with van der Waals surface area (Å²) in [5, 5.41) is 3.59. The van der Waals surface area contributed by atoms with Crippen LogP contribution in [0.15, 0.2) is 76.2 Å². The highest BCUT2D eigenvalue weighted by Gasteiger charge is 2.08. The van der Waals surface area contributed by atoms with Crippen LogP contribution in [0.1, 0.15) is 0 Å². The fourth-order valence-corrected chi connectivity index (χ4v) is 2.86. The molecule has 0 radical (unpaired) electrons. The topological polar surface area (TPSA) is 86.4 Å². The molecule has 0 aliphatic rings. The van der Waals surface area contributed by atoms with Gasteiger partial charge in [0.1, 0.15) is 17.2 Å². The van der Waals surface area contributed by atoms with E-state index >= 15 is 0 Å². The highest BCUT2D eigenvalue weighted by molar-refractivity contribution is 5.92. The van der Waals surface area contributed by atoms with Crippen LogP contribution in [-0.2, 0) is 11.8 Å². The van der Waals surface area contributed by atoms with Crippen LogP contribution in [0, 0.1) is 0 Å². The zero-order valence-corrected chi connectivity index (χ0v) is 15.1. The van der Waals surface area contributed by atoms with Crippen molar-refractivity contribution in [3.05, 3.63) is 77.4 Å². The summed E-state index contributed by atoms with van der Waals surface area (Å²) in [6, 6.07) is 15.5. The van der Waals surface area contributed by atoms with E-state index in [0.717, 1.165) is 16.8 Å². The Kier molecular flexibility index (Phi) is 4.63. The Balaban J connectivity index is 1.42. The van der Waals surface area contributed by atoms with E-state index in [9.17, 15) is 9.59 Å². The SMILES string of the molecule is Cn1ccnc1-c1cccc(NC(=O)COc2ccc3ccc(=O)oc3c2)c1. The molecule has 1 amide bonds. The Morgan fingerprint density at radius 2 is 2.04 bits per heavy atom. The van der Waals surface area contributed by atoms with Gasteiger partial charge in [-0.15, -0.1) is 0 Å². The van der Waals surface area contributed by atoms with Crippen molar-refractivity contribution < 1.29 is 13.9 Å². The molecule has 0 saturated heterocycles. The summed E-state index contributed by atoms with van der Waals surface area (Å²) in [5.41, 5.74) is 1.53. The molecule has 0 unspecified atom stereocenters. The number of carbonyl (C=O) groups is 1. The normalized spacial score (nSPS) is 10.8. The number of aromatic nitrogens is 2. The third-order valence-electron chi connectivity index (χ3n) is 4.19. The lowest BCUT2D eigenvalue weighted by Gasteiger charge is -2.09. The Morgan fingerprint density at radius 1 is 1.18 bits per heavy atom. The van der Waals surface area contributed by atoms with E-state index in [0.29, 0.717) is 17.0 Å². The van der Waals surface area contributed by atoms with Crippen LogP contribution in [0.5, 0.6) is 5.75 Å². The highest BCUT2D eigenvalue weighted by atomic mass is 16.5. The molecule has 7 nitrogen and oxygen atoms in total. The number of nitrogens with zero attached hydrogens (tertiary/aromatic N) is 2. The van der Waals surface area contributed by atoms with Gasteiger partial charge in [-0.05, 0) is 30.3 Å². The predicted octanol–water partition coefficient (Wildman–Crippen LogP) is 3.21. The molecule has 0 aliphatic heterocycles. The lowest BCUT2D eigenvalue weighted by atomic mass is 10.2. The van der Waals surface area contributed by atoms with E-state index in [4.69, 9.17) is 9.15 Å². The number of hydrogen-bond donors (Lipinski definition) is 1. The Hall–Kier alpha value is -3.87. The van der Waals surface area contributed by atoms with E-state index in [2.05, 4.69) is 10.3 Å². The molecule has 0 aliphatic carbocycles. The van der Waals surface area contributed by atoms with Gasteiger partial charge in [0.15, 0.2) is 6.61 Å². The fourth-order valence-electron chi connectivity index (χ4n) is 2.86. The molecule has 0 atom stereocenters. The van der Waals surface area contributed by atoms with Gasteiger partial charge in [-0.2, -0.15) is 0 Å². The van der Waals surface area contributed by atoms with E-state index in [-0.39, 0.29) is 12.5 Å². The van der Waals surface area contributed by atoms with Gasteiger partial charge in [-0.25, -0.2) is 9.78 Å². The molecule has 0 spiro atoms. The summed E-state index contributed by atoms with van der Waals surface area (Å²) < 4.78 is 12.5. The van der Waals surface area contributed by atoms with Crippen molar-refractivity contribution in [3.8, 4) is 17.1 Å². The van der Waals surface area contributed by atoms with Gasteiger partial charge in [0.25, 0.3) is 5.91 Å². The van der Waals surface area contributed by atoms with Gasteiger partial charge >= 0.3 is 5.63 Å². The average molecular weight is 375 g/mol. The van der Waals surface area contributed by atoms with Gasteiger partial charge in [0, 0.05) is 48.2 Å². The molecule has 28 heavy (non-hydrogen) atoms. The molecular formula is C21H17N3O4. The first-order valence-corrected chi connectivity index (χ1v) is 8.63. The first-order valence-electron chi connectivity index (χ1n) is 8.63. The summed E-state index contributed by atoms with van der Waals surface area (Å²) >= 11 is 0. The van der Waals surface area contributed by atoms with E-state index < -0.39 is 5.63 Å². The zero-order chi connectivity index (χ0) is 19.5. The monoisotopic (exact) mass is 375 g/mol. The van der Waals surface area contributed by atoms with Crippen molar-refractivity contribution in [1.82, 2.24) is 9.55 Å². The molecule has 0 saturated carbocycles. The standard InChI is InChI=1S/C21H17N3O4/c1-24-10-9-22-21(24)15-3-2-4-16(11-15)23-19(25)13-27-17-7-5-14-6-8-20(26)28-18(14)12-17/h2-12H,13H2,1H3,(H,23,25). The molecule has 2 heterocycles. The van der Waals surface area contributed by atoms with E-state index in [1.165, 1.54) is 6.07 Å². The molecule has 0 fully saturated rings. The largest absolute Gasteiger partial charge is 0.484 e.